The average Bonchev–Trinajstić information content (AvgIpc) is 2.97. The molecule has 1 heterocycles. The lowest BCUT2D eigenvalue weighted by Gasteiger charge is -2.26. The van der Waals surface area contributed by atoms with Gasteiger partial charge in [-0.25, -0.2) is 0 Å². The standard InChI is InChI=1S/C9H13NO4S/c11-8(6-5-7(6)9(12)13)10-1-3-15(14)4-2-10/h6-7H,1-5H2,(H,12,13)/t6-,7+/m1/s1. The molecule has 6 heteroatoms. The van der Waals surface area contributed by atoms with Crippen LogP contribution < -0.4 is 0 Å². The molecule has 0 radical (unpaired) electrons. The number of aliphatic carboxylic acids is 1. The quantitative estimate of drug-likeness (QED) is 0.682. The first kappa shape index (κ1) is 10.6. The summed E-state index contributed by atoms with van der Waals surface area (Å²) >= 11 is 0. The van der Waals surface area contributed by atoms with Gasteiger partial charge < -0.3 is 10.0 Å². The Bertz CT molecular complexity index is 320. The van der Waals surface area contributed by atoms with Crippen LogP contribution in [0.15, 0.2) is 0 Å². The summed E-state index contributed by atoms with van der Waals surface area (Å²) < 4.78 is 11.1. The minimum Gasteiger partial charge on any atom is -0.481 e. The maximum Gasteiger partial charge on any atom is 0.307 e. The van der Waals surface area contributed by atoms with Gasteiger partial charge in [0.25, 0.3) is 0 Å². The molecule has 1 amide bonds. The van der Waals surface area contributed by atoms with Crippen LogP contribution in [0.3, 0.4) is 0 Å². The summed E-state index contributed by atoms with van der Waals surface area (Å²) in [5.74, 6) is -0.709. The Morgan fingerprint density at radius 3 is 2.27 bits per heavy atom. The minimum atomic E-state index is -0.881. The highest BCUT2D eigenvalue weighted by Crippen LogP contribution is 2.40. The third-order valence-electron chi connectivity index (χ3n) is 2.91. The van der Waals surface area contributed by atoms with Gasteiger partial charge in [-0.15, -0.1) is 0 Å². The topological polar surface area (TPSA) is 74.7 Å². The molecule has 1 aliphatic heterocycles. The van der Waals surface area contributed by atoms with Crippen LogP contribution in [0, 0.1) is 11.8 Å². The molecule has 15 heavy (non-hydrogen) atoms. The second kappa shape index (κ2) is 3.92. The second-order valence-electron chi connectivity index (χ2n) is 3.96. The molecule has 84 valence electrons. The van der Waals surface area contributed by atoms with Crippen molar-refractivity contribution in [2.24, 2.45) is 11.8 Å². The molecule has 0 spiro atoms. The van der Waals surface area contributed by atoms with Crippen LogP contribution in [0.1, 0.15) is 6.42 Å². The molecule has 0 aromatic heterocycles. The molecule has 1 aliphatic carbocycles. The van der Waals surface area contributed by atoms with Crippen molar-refractivity contribution in [1.82, 2.24) is 4.90 Å². The monoisotopic (exact) mass is 231 g/mol. The number of hydrogen-bond acceptors (Lipinski definition) is 3. The van der Waals surface area contributed by atoms with Crippen molar-refractivity contribution in [2.75, 3.05) is 24.6 Å². The van der Waals surface area contributed by atoms with E-state index in [0.29, 0.717) is 31.0 Å². The van der Waals surface area contributed by atoms with E-state index in [2.05, 4.69) is 0 Å². The molecule has 0 aromatic carbocycles. The predicted molar refractivity (Wildman–Crippen MR) is 53.7 cm³/mol. The highest BCUT2D eigenvalue weighted by atomic mass is 32.2. The van der Waals surface area contributed by atoms with E-state index in [1.165, 1.54) is 0 Å². The van der Waals surface area contributed by atoms with E-state index in [-0.39, 0.29) is 11.8 Å². The SMILES string of the molecule is O=C(O)[C@H]1C[C@H]1C(=O)N1CCS(=O)CC1. The Labute approximate surface area is 89.9 Å². The molecule has 2 aliphatic rings. The van der Waals surface area contributed by atoms with Crippen molar-refractivity contribution < 1.29 is 18.9 Å². The fourth-order valence-electron chi connectivity index (χ4n) is 1.83. The summed E-state index contributed by atoms with van der Waals surface area (Å²) in [6, 6.07) is 0. The number of nitrogens with zero attached hydrogens (tertiary/aromatic N) is 1. The van der Waals surface area contributed by atoms with Gasteiger partial charge in [0.05, 0.1) is 11.8 Å². The van der Waals surface area contributed by atoms with Gasteiger partial charge in [0.15, 0.2) is 0 Å². The van der Waals surface area contributed by atoms with Gasteiger partial charge in [-0.3, -0.25) is 13.8 Å². The second-order valence-corrected chi connectivity index (χ2v) is 5.66. The van der Waals surface area contributed by atoms with E-state index >= 15 is 0 Å². The first-order valence-electron chi connectivity index (χ1n) is 4.96. The molecule has 0 bridgehead atoms. The van der Waals surface area contributed by atoms with Gasteiger partial charge >= 0.3 is 5.97 Å². The largest absolute Gasteiger partial charge is 0.481 e. The smallest absolute Gasteiger partial charge is 0.307 e. The van der Waals surface area contributed by atoms with Crippen LogP contribution in [0.5, 0.6) is 0 Å². The maximum atomic E-state index is 11.7. The number of carboxylic acids is 1. The fourth-order valence-corrected chi connectivity index (χ4v) is 2.89. The number of carbonyl (C=O) groups is 2. The van der Waals surface area contributed by atoms with E-state index in [4.69, 9.17) is 5.11 Å². The van der Waals surface area contributed by atoms with E-state index in [1.807, 2.05) is 0 Å². The number of carboxylic acid groups (broad SMARTS) is 1. The molecular formula is C9H13NO4S. The molecule has 2 atom stereocenters. The highest BCUT2D eigenvalue weighted by molar-refractivity contribution is 7.85. The lowest BCUT2D eigenvalue weighted by molar-refractivity contribution is -0.141. The lowest BCUT2D eigenvalue weighted by Crippen LogP contribution is -2.42. The van der Waals surface area contributed by atoms with E-state index < -0.39 is 22.7 Å². The summed E-state index contributed by atoms with van der Waals surface area (Å²) in [5.41, 5.74) is 0. The minimum absolute atomic E-state index is 0.0703. The molecule has 2 fully saturated rings. The Balaban J connectivity index is 1.87. The zero-order chi connectivity index (χ0) is 11.0. The number of rotatable bonds is 2. The Morgan fingerprint density at radius 2 is 1.80 bits per heavy atom. The first-order chi connectivity index (χ1) is 7.09. The van der Waals surface area contributed by atoms with Crippen LogP contribution in [0.4, 0.5) is 0 Å². The maximum absolute atomic E-state index is 11.7. The summed E-state index contributed by atoms with van der Waals surface area (Å²) in [6.45, 7) is 1.02. The van der Waals surface area contributed by atoms with Crippen LogP contribution >= 0.6 is 0 Å². The Hall–Kier alpha value is -0.910. The van der Waals surface area contributed by atoms with Crippen LogP contribution in [-0.2, 0) is 20.4 Å². The van der Waals surface area contributed by atoms with Crippen molar-refractivity contribution in [1.29, 1.82) is 0 Å². The van der Waals surface area contributed by atoms with Gasteiger partial charge in [-0.2, -0.15) is 0 Å². The first-order valence-corrected chi connectivity index (χ1v) is 6.45. The zero-order valence-electron chi connectivity index (χ0n) is 8.22. The average molecular weight is 231 g/mol. The summed E-state index contributed by atoms with van der Waals surface area (Å²) in [5, 5.41) is 8.69. The number of carbonyl (C=O) groups excluding carboxylic acids is 1. The lowest BCUT2D eigenvalue weighted by atomic mass is 10.2. The summed E-state index contributed by atoms with van der Waals surface area (Å²) in [4.78, 5) is 24.0. The van der Waals surface area contributed by atoms with Crippen LogP contribution in [0.25, 0.3) is 0 Å². The molecule has 1 saturated carbocycles. The van der Waals surface area contributed by atoms with Crippen molar-refractivity contribution in [3.05, 3.63) is 0 Å². The third kappa shape index (κ3) is 2.19. The van der Waals surface area contributed by atoms with Gasteiger partial charge in [0.1, 0.15) is 0 Å². The Kier molecular flexibility index (Phi) is 2.77. The highest BCUT2D eigenvalue weighted by Gasteiger charge is 2.49. The van der Waals surface area contributed by atoms with E-state index in [9.17, 15) is 13.8 Å². The van der Waals surface area contributed by atoms with Crippen LogP contribution in [0.2, 0.25) is 0 Å². The van der Waals surface area contributed by atoms with Crippen molar-refractivity contribution >= 4 is 22.7 Å². The Morgan fingerprint density at radius 1 is 1.20 bits per heavy atom. The van der Waals surface area contributed by atoms with Crippen LogP contribution in [-0.4, -0.2) is 50.7 Å². The molecule has 2 rings (SSSR count). The number of hydrogen-bond donors (Lipinski definition) is 1. The summed E-state index contributed by atoms with van der Waals surface area (Å²) in [6.07, 6.45) is 0.466. The number of amides is 1. The van der Waals surface area contributed by atoms with E-state index in [1.54, 1.807) is 4.90 Å². The fraction of sp³-hybridized carbons (Fsp3) is 0.778. The molecular weight excluding hydrogens is 218 g/mol. The van der Waals surface area contributed by atoms with Crippen molar-refractivity contribution in [3.63, 3.8) is 0 Å². The van der Waals surface area contributed by atoms with Gasteiger partial charge in [0, 0.05) is 35.4 Å². The third-order valence-corrected chi connectivity index (χ3v) is 4.19. The van der Waals surface area contributed by atoms with Gasteiger partial charge in [-0.1, -0.05) is 0 Å². The molecule has 1 saturated heterocycles. The van der Waals surface area contributed by atoms with Crippen molar-refractivity contribution in [2.45, 2.75) is 6.42 Å². The molecule has 0 aromatic rings. The van der Waals surface area contributed by atoms with Gasteiger partial charge in [-0.05, 0) is 6.42 Å². The molecule has 0 unspecified atom stereocenters. The zero-order valence-corrected chi connectivity index (χ0v) is 9.03. The summed E-state index contributed by atoms with van der Waals surface area (Å²) in [7, 11) is -0.798. The van der Waals surface area contributed by atoms with Gasteiger partial charge in [0.2, 0.25) is 5.91 Å². The normalized spacial score (nSPS) is 31.3. The predicted octanol–water partition coefficient (Wildman–Crippen LogP) is -0.702. The molecule has 5 nitrogen and oxygen atoms in total. The van der Waals surface area contributed by atoms with E-state index in [0.717, 1.165) is 0 Å². The molecule has 1 N–H and O–H groups in total. The van der Waals surface area contributed by atoms with Crippen molar-refractivity contribution in [3.8, 4) is 0 Å².